The summed E-state index contributed by atoms with van der Waals surface area (Å²) < 4.78 is 0. The van der Waals surface area contributed by atoms with E-state index in [1.165, 1.54) is 0 Å². The van der Waals surface area contributed by atoms with E-state index in [-0.39, 0.29) is 11.6 Å². The number of ketones is 2. The van der Waals surface area contributed by atoms with Gasteiger partial charge in [0.2, 0.25) is 0 Å². The van der Waals surface area contributed by atoms with Crippen molar-refractivity contribution in [3.05, 3.63) is 24.3 Å². The lowest BCUT2D eigenvalue weighted by Crippen LogP contribution is -1.97. The summed E-state index contributed by atoms with van der Waals surface area (Å²) in [5, 5.41) is 0. The van der Waals surface area contributed by atoms with E-state index in [1.807, 2.05) is 24.3 Å². The third kappa shape index (κ3) is 4.75. The Morgan fingerprint density at radius 3 is 1.57 bits per heavy atom. The van der Waals surface area contributed by atoms with Gasteiger partial charge in [-0.05, 0) is 12.8 Å². The summed E-state index contributed by atoms with van der Waals surface area (Å²) >= 11 is 0. The lowest BCUT2D eigenvalue weighted by molar-refractivity contribution is -0.118. The Labute approximate surface area is 84.7 Å². The molecule has 0 fully saturated rings. The van der Waals surface area contributed by atoms with Gasteiger partial charge in [0.15, 0.2) is 0 Å². The maximum absolute atomic E-state index is 11.2. The minimum atomic E-state index is 0.276. The molecular formula is C12H16O2. The molecule has 0 N–H and O–H groups in total. The molecule has 1 aliphatic rings. The normalized spacial score (nSPS) is 24.9. The fourth-order valence-electron chi connectivity index (χ4n) is 1.36. The van der Waals surface area contributed by atoms with Gasteiger partial charge in [-0.1, -0.05) is 24.3 Å². The van der Waals surface area contributed by atoms with E-state index in [0.717, 1.165) is 12.8 Å². The molecule has 0 saturated carbocycles. The number of Topliss-reactive ketones (excluding diaryl/α,β-unsaturated/α-hetero) is 2. The lowest BCUT2D eigenvalue weighted by Gasteiger charge is -1.97. The van der Waals surface area contributed by atoms with E-state index in [4.69, 9.17) is 0 Å². The summed E-state index contributed by atoms with van der Waals surface area (Å²) in [5.41, 5.74) is 0. The molecule has 0 radical (unpaired) electrons. The maximum Gasteiger partial charge on any atom is 0.136 e. The molecule has 76 valence electrons. The second-order valence-corrected chi connectivity index (χ2v) is 3.51. The predicted octanol–water partition coefficient (Wildman–Crippen LogP) is 2.59. The van der Waals surface area contributed by atoms with Crippen molar-refractivity contribution in [2.75, 3.05) is 0 Å². The molecule has 0 spiro atoms. The molecule has 2 nitrogen and oxygen atoms in total. The van der Waals surface area contributed by atoms with Crippen LogP contribution in [0, 0.1) is 0 Å². The Kier molecular flexibility index (Phi) is 4.90. The first-order chi connectivity index (χ1) is 6.79. The Morgan fingerprint density at radius 1 is 0.714 bits per heavy atom. The third-order valence-electron chi connectivity index (χ3n) is 2.20. The Morgan fingerprint density at radius 2 is 1.14 bits per heavy atom. The molecule has 0 aromatic heterocycles. The minimum absolute atomic E-state index is 0.276. The molecule has 1 rings (SSSR count). The smallest absolute Gasteiger partial charge is 0.136 e. The summed E-state index contributed by atoms with van der Waals surface area (Å²) in [6.45, 7) is 0. The molecular weight excluding hydrogens is 176 g/mol. The summed E-state index contributed by atoms with van der Waals surface area (Å²) in [7, 11) is 0. The average molecular weight is 192 g/mol. The van der Waals surface area contributed by atoms with Crippen LogP contribution >= 0.6 is 0 Å². The number of allylic oxidation sites excluding steroid dienone is 4. The molecule has 14 heavy (non-hydrogen) atoms. The molecule has 0 heterocycles. The van der Waals surface area contributed by atoms with Gasteiger partial charge in [0, 0.05) is 25.7 Å². The highest BCUT2D eigenvalue weighted by atomic mass is 16.1. The summed E-state index contributed by atoms with van der Waals surface area (Å²) in [4.78, 5) is 22.4. The fourth-order valence-corrected chi connectivity index (χ4v) is 1.36. The van der Waals surface area contributed by atoms with Crippen LogP contribution in [0.1, 0.15) is 38.5 Å². The Balaban J connectivity index is 2.46. The Bertz CT molecular complexity index is 233. The van der Waals surface area contributed by atoms with Crippen LogP contribution in [0.5, 0.6) is 0 Å². The van der Waals surface area contributed by atoms with Gasteiger partial charge in [-0.15, -0.1) is 0 Å². The van der Waals surface area contributed by atoms with E-state index >= 15 is 0 Å². The van der Waals surface area contributed by atoms with Crippen LogP contribution in [0.15, 0.2) is 24.3 Å². The topological polar surface area (TPSA) is 34.1 Å². The van der Waals surface area contributed by atoms with Crippen LogP contribution in [-0.2, 0) is 9.59 Å². The first-order valence-electron chi connectivity index (χ1n) is 5.12. The first-order valence-corrected chi connectivity index (χ1v) is 5.12. The van der Waals surface area contributed by atoms with Crippen molar-refractivity contribution in [3.63, 3.8) is 0 Å². The van der Waals surface area contributed by atoms with Crippen LogP contribution in [0.4, 0.5) is 0 Å². The molecule has 2 heteroatoms. The molecule has 0 amide bonds. The van der Waals surface area contributed by atoms with Gasteiger partial charge in [0.25, 0.3) is 0 Å². The zero-order chi connectivity index (χ0) is 10.2. The molecule has 0 saturated heterocycles. The predicted molar refractivity (Wildman–Crippen MR) is 56.0 cm³/mol. The van der Waals surface area contributed by atoms with E-state index in [1.54, 1.807) is 0 Å². The van der Waals surface area contributed by atoms with Crippen LogP contribution in [0.25, 0.3) is 0 Å². The molecule has 0 atom stereocenters. The largest absolute Gasteiger partial charge is 0.299 e. The van der Waals surface area contributed by atoms with E-state index in [0.29, 0.717) is 25.7 Å². The van der Waals surface area contributed by atoms with Crippen molar-refractivity contribution < 1.29 is 9.59 Å². The van der Waals surface area contributed by atoms with Gasteiger partial charge < -0.3 is 0 Å². The van der Waals surface area contributed by atoms with Crippen molar-refractivity contribution in [1.29, 1.82) is 0 Å². The number of carbonyl (C=O) groups excluding carboxylic acids is 2. The summed E-state index contributed by atoms with van der Waals surface area (Å²) in [5.74, 6) is 0.551. The molecule has 0 aliphatic heterocycles. The second-order valence-electron chi connectivity index (χ2n) is 3.51. The van der Waals surface area contributed by atoms with Gasteiger partial charge >= 0.3 is 0 Å². The van der Waals surface area contributed by atoms with Crippen molar-refractivity contribution in [1.82, 2.24) is 0 Å². The van der Waals surface area contributed by atoms with Crippen molar-refractivity contribution in [2.45, 2.75) is 38.5 Å². The van der Waals surface area contributed by atoms with Gasteiger partial charge in [0.1, 0.15) is 11.6 Å². The molecule has 0 aromatic rings. The van der Waals surface area contributed by atoms with Gasteiger partial charge in [0.05, 0.1) is 0 Å². The number of carbonyl (C=O) groups is 2. The number of hydrogen-bond acceptors (Lipinski definition) is 2. The van der Waals surface area contributed by atoms with E-state index < -0.39 is 0 Å². The summed E-state index contributed by atoms with van der Waals surface area (Å²) in [6, 6.07) is 0. The fraction of sp³-hybridized carbons (Fsp3) is 0.500. The zero-order valence-corrected chi connectivity index (χ0v) is 8.37. The van der Waals surface area contributed by atoms with Crippen molar-refractivity contribution in [2.24, 2.45) is 0 Å². The van der Waals surface area contributed by atoms with Crippen LogP contribution in [0.3, 0.4) is 0 Å². The number of hydrogen-bond donors (Lipinski definition) is 0. The van der Waals surface area contributed by atoms with Crippen molar-refractivity contribution >= 4 is 11.6 Å². The maximum atomic E-state index is 11.2. The second kappa shape index (κ2) is 6.30. The average Bonchev–Trinajstić information content (AvgIpc) is 2.14. The highest BCUT2D eigenvalue weighted by molar-refractivity contribution is 5.81. The molecule has 0 bridgehead atoms. The van der Waals surface area contributed by atoms with Crippen molar-refractivity contribution in [3.8, 4) is 0 Å². The first kappa shape index (κ1) is 10.9. The van der Waals surface area contributed by atoms with Crippen LogP contribution in [-0.4, -0.2) is 11.6 Å². The third-order valence-corrected chi connectivity index (χ3v) is 2.20. The van der Waals surface area contributed by atoms with Gasteiger partial charge in [-0.3, -0.25) is 9.59 Å². The van der Waals surface area contributed by atoms with E-state index in [2.05, 4.69) is 0 Å². The monoisotopic (exact) mass is 192 g/mol. The zero-order valence-electron chi connectivity index (χ0n) is 8.37. The lowest BCUT2D eigenvalue weighted by atomic mass is 10.1. The number of rotatable bonds is 0. The Hall–Kier alpha value is -1.18. The quantitative estimate of drug-likeness (QED) is 0.553. The summed E-state index contributed by atoms with van der Waals surface area (Å²) in [6.07, 6.45) is 11.4. The van der Waals surface area contributed by atoms with E-state index in [9.17, 15) is 9.59 Å². The van der Waals surface area contributed by atoms with Crippen LogP contribution < -0.4 is 0 Å². The highest BCUT2D eigenvalue weighted by Crippen LogP contribution is 2.04. The molecule has 0 unspecified atom stereocenters. The minimum Gasteiger partial charge on any atom is -0.299 e. The van der Waals surface area contributed by atoms with Gasteiger partial charge in [-0.2, -0.15) is 0 Å². The SMILES string of the molecule is O=C1C/C=C\CCC(=O)C/C=C\CC1. The molecule has 1 aliphatic carbocycles. The van der Waals surface area contributed by atoms with Gasteiger partial charge in [-0.25, -0.2) is 0 Å². The molecule has 0 aromatic carbocycles. The highest BCUT2D eigenvalue weighted by Gasteiger charge is 2.00. The van der Waals surface area contributed by atoms with Crippen LogP contribution in [0.2, 0.25) is 0 Å². The standard InChI is InChI=1S/C12H16O2/c13-11-7-3-1-4-8-12(14)10-6-2-5-9-11/h1-3,6H,4-5,7-10H2/b3-1-,6-2-.